The Morgan fingerprint density at radius 3 is 3.06 bits per heavy atom. The normalized spacial score (nSPS) is 19.0. The number of carbonyl (C=O) groups is 1. The maximum Gasteiger partial charge on any atom is 0.411 e. The van der Waals surface area contributed by atoms with Crippen molar-refractivity contribution in [3.63, 3.8) is 0 Å². The smallest absolute Gasteiger partial charge is 0.411 e. The van der Waals surface area contributed by atoms with Crippen LogP contribution in [0.5, 0.6) is 0 Å². The molecule has 0 aromatic heterocycles. The van der Waals surface area contributed by atoms with E-state index in [1.807, 2.05) is 24.3 Å². The molecule has 1 atom stereocenters. The fraction of sp³-hybridized carbons (Fsp3) is 0.417. The highest BCUT2D eigenvalue weighted by Crippen LogP contribution is 2.21. The Bertz CT molecular complexity index is 392. The lowest BCUT2D eigenvalue weighted by Gasteiger charge is -2.11. The van der Waals surface area contributed by atoms with E-state index in [9.17, 15) is 4.79 Å². The quantitative estimate of drug-likeness (QED) is 0.902. The van der Waals surface area contributed by atoms with E-state index in [4.69, 9.17) is 4.74 Å². The zero-order chi connectivity index (χ0) is 12.1. The number of ether oxygens (including phenoxy) is 1. The van der Waals surface area contributed by atoms with Gasteiger partial charge in [-0.15, -0.1) is 0 Å². The number of rotatable bonds is 3. The Morgan fingerprint density at radius 2 is 2.35 bits per heavy atom. The molecule has 4 nitrogen and oxygen atoms in total. The van der Waals surface area contributed by atoms with Gasteiger partial charge in [-0.3, -0.25) is 5.32 Å². The molecule has 0 radical (unpaired) electrons. The summed E-state index contributed by atoms with van der Waals surface area (Å²) in [5.41, 5.74) is 0.724. The monoisotopic (exact) mass is 298 g/mol. The molecule has 92 valence electrons. The summed E-state index contributed by atoms with van der Waals surface area (Å²) in [6.45, 7) is 2.42. The number of halogens is 1. The van der Waals surface area contributed by atoms with Crippen LogP contribution in [0.3, 0.4) is 0 Å². The van der Waals surface area contributed by atoms with Gasteiger partial charge in [0.25, 0.3) is 0 Å². The van der Waals surface area contributed by atoms with E-state index < -0.39 is 6.09 Å². The zero-order valence-electron chi connectivity index (χ0n) is 9.41. The third-order valence-corrected chi connectivity index (χ3v) is 3.41. The highest BCUT2D eigenvalue weighted by atomic mass is 79.9. The molecule has 0 aliphatic carbocycles. The Morgan fingerprint density at radius 1 is 1.53 bits per heavy atom. The standard InChI is InChI=1S/C12H15BrN2O2/c13-10-3-1-2-4-11(10)15-12(16)17-8-9-5-6-14-7-9/h1-4,9,14H,5-8H2,(H,15,16)/t9-/m1/s1. The number of carbonyl (C=O) groups excluding carboxylic acids is 1. The number of benzene rings is 1. The van der Waals surface area contributed by atoms with Crippen molar-refractivity contribution in [3.8, 4) is 0 Å². The van der Waals surface area contributed by atoms with Gasteiger partial charge in [0.1, 0.15) is 0 Å². The fourth-order valence-corrected chi connectivity index (χ4v) is 2.14. The van der Waals surface area contributed by atoms with E-state index in [0.717, 1.165) is 29.7 Å². The second kappa shape index (κ2) is 6.02. The van der Waals surface area contributed by atoms with Crippen molar-refractivity contribution in [2.24, 2.45) is 5.92 Å². The molecule has 1 aromatic carbocycles. The summed E-state index contributed by atoms with van der Waals surface area (Å²) in [6.07, 6.45) is 0.672. The lowest BCUT2D eigenvalue weighted by molar-refractivity contribution is 0.144. The van der Waals surface area contributed by atoms with Crippen molar-refractivity contribution in [1.82, 2.24) is 5.32 Å². The first-order valence-corrected chi connectivity index (χ1v) is 6.44. The van der Waals surface area contributed by atoms with Crippen LogP contribution in [0.25, 0.3) is 0 Å². The van der Waals surface area contributed by atoms with Crippen LogP contribution in [0.2, 0.25) is 0 Å². The lowest BCUT2D eigenvalue weighted by Crippen LogP contribution is -2.20. The summed E-state index contributed by atoms with van der Waals surface area (Å²) >= 11 is 3.36. The second-order valence-electron chi connectivity index (χ2n) is 4.06. The molecule has 0 spiro atoms. The van der Waals surface area contributed by atoms with Crippen LogP contribution in [-0.4, -0.2) is 25.8 Å². The van der Waals surface area contributed by atoms with E-state index in [2.05, 4.69) is 26.6 Å². The Hall–Kier alpha value is -1.07. The van der Waals surface area contributed by atoms with Crippen molar-refractivity contribution in [2.45, 2.75) is 6.42 Å². The highest BCUT2D eigenvalue weighted by molar-refractivity contribution is 9.10. The van der Waals surface area contributed by atoms with Crippen LogP contribution in [0, 0.1) is 5.92 Å². The third-order valence-electron chi connectivity index (χ3n) is 2.72. The third kappa shape index (κ3) is 3.71. The molecule has 1 fully saturated rings. The summed E-state index contributed by atoms with van der Waals surface area (Å²) in [4.78, 5) is 11.5. The number of hydrogen-bond donors (Lipinski definition) is 2. The van der Waals surface area contributed by atoms with Gasteiger partial charge in [-0.25, -0.2) is 4.79 Å². The highest BCUT2D eigenvalue weighted by Gasteiger charge is 2.16. The van der Waals surface area contributed by atoms with Gasteiger partial charge in [0.2, 0.25) is 0 Å². The van der Waals surface area contributed by atoms with Gasteiger partial charge < -0.3 is 10.1 Å². The molecule has 1 aromatic rings. The Balaban J connectivity index is 1.79. The molecule has 1 amide bonds. The fourth-order valence-electron chi connectivity index (χ4n) is 1.76. The summed E-state index contributed by atoms with van der Waals surface area (Å²) in [5.74, 6) is 0.444. The number of amides is 1. The van der Waals surface area contributed by atoms with Crippen LogP contribution in [0.1, 0.15) is 6.42 Å². The average molecular weight is 299 g/mol. The molecule has 17 heavy (non-hydrogen) atoms. The number of hydrogen-bond acceptors (Lipinski definition) is 3. The molecule has 2 rings (SSSR count). The molecule has 0 bridgehead atoms. The molecule has 0 unspecified atom stereocenters. The van der Waals surface area contributed by atoms with Gasteiger partial charge in [0.15, 0.2) is 0 Å². The van der Waals surface area contributed by atoms with E-state index in [0.29, 0.717) is 12.5 Å². The van der Waals surface area contributed by atoms with Crippen molar-refractivity contribution >= 4 is 27.7 Å². The van der Waals surface area contributed by atoms with E-state index in [1.54, 1.807) is 0 Å². The summed E-state index contributed by atoms with van der Waals surface area (Å²) in [6, 6.07) is 7.45. The van der Waals surface area contributed by atoms with Crippen LogP contribution >= 0.6 is 15.9 Å². The molecule has 0 saturated carbocycles. The number of para-hydroxylation sites is 1. The van der Waals surface area contributed by atoms with E-state index >= 15 is 0 Å². The topological polar surface area (TPSA) is 50.4 Å². The molecule has 1 aliphatic heterocycles. The summed E-state index contributed by atoms with van der Waals surface area (Å²) in [7, 11) is 0. The van der Waals surface area contributed by atoms with Crippen molar-refractivity contribution in [1.29, 1.82) is 0 Å². The van der Waals surface area contributed by atoms with Crippen molar-refractivity contribution in [3.05, 3.63) is 28.7 Å². The van der Waals surface area contributed by atoms with Gasteiger partial charge in [0, 0.05) is 16.9 Å². The summed E-state index contributed by atoms with van der Waals surface area (Å²) < 4.78 is 6.02. The predicted octanol–water partition coefficient (Wildman–Crippen LogP) is 2.61. The molecule has 1 heterocycles. The SMILES string of the molecule is O=C(Nc1ccccc1Br)OC[C@@H]1CCNC1. The van der Waals surface area contributed by atoms with Crippen LogP contribution in [0.15, 0.2) is 28.7 Å². The molecule has 1 saturated heterocycles. The molecular weight excluding hydrogens is 284 g/mol. The minimum atomic E-state index is -0.399. The first kappa shape index (κ1) is 12.4. The first-order valence-electron chi connectivity index (χ1n) is 5.65. The molecule has 5 heteroatoms. The number of nitrogens with one attached hydrogen (secondary N) is 2. The molecule has 2 N–H and O–H groups in total. The minimum absolute atomic E-state index is 0.399. The molecular formula is C12H15BrN2O2. The van der Waals surface area contributed by atoms with Crippen LogP contribution in [-0.2, 0) is 4.74 Å². The maximum absolute atomic E-state index is 11.5. The Kier molecular flexibility index (Phi) is 4.39. The van der Waals surface area contributed by atoms with E-state index in [1.165, 1.54) is 0 Å². The van der Waals surface area contributed by atoms with Gasteiger partial charge in [-0.2, -0.15) is 0 Å². The van der Waals surface area contributed by atoms with Gasteiger partial charge in [0.05, 0.1) is 12.3 Å². The van der Waals surface area contributed by atoms with Crippen LogP contribution in [0.4, 0.5) is 10.5 Å². The predicted molar refractivity (Wildman–Crippen MR) is 70.1 cm³/mol. The Labute approximate surface area is 109 Å². The van der Waals surface area contributed by atoms with Gasteiger partial charge >= 0.3 is 6.09 Å². The molecule has 1 aliphatic rings. The largest absolute Gasteiger partial charge is 0.449 e. The first-order chi connectivity index (χ1) is 8.25. The second-order valence-corrected chi connectivity index (χ2v) is 4.92. The lowest BCUT2D eigenvalue weighted by atomic mass is 10.1. The van der Waals surface area contributed by atoms with Crippen molar-refractivity contribution < 1.29 is 9.53 Å². The maximum atomic E-state index is 11.5. The summed E-state index contributed by atoms with van der Waals surface area (Å²) in [5, 5.41) is 5.94. The average Bonchev–Trinajstić information content (AvgIpc) is 2.82. The van der Waals surface area contributed by atoms with E-state index in [-0.39, 0.29) is 0 Å². The zero-order valence-corrected chi connectivity index (χ0v) is 11.0. The van der Waals surface area contributed by atoms with Gasteiger partial charge in [-0.1, -0.05) is 12.1 Å². The minimum Gasteiger partial charge on any atom is -0.449 e. The van der Waals surface area contributed by atoms with Gasteiger partial charge in [-0.05, 0) is 41.0 Å². The van der Waals surface area contributed by atoms with Crippen molar-refractivity contribution in [2.75, 3.05) is 25.0 Å². The van der Waals surface area contributed by atoms with Crippen LogP contribution < -0.4 is 10.6 Å². The number of anilines is 1.